The predicted molar refractivity (Wildman–Crippen MR) is 201 cm³/mol. The molecule has 3 nitrogen and oxygen atoms in total. The van der Waals surface area contributed by atoms with Crippen LogP contribution in [-0.2, 0) is 0 Å². The van der Waals surface area contributed by atoms with Gasteiger partial charge in [0.05, 0.1) is 5.69 Å². The molecule has 4 heterocycles. The van der Waals surface area contributed by atoms with Crippen molar-refractivity contribution >= 4 is 111 Å². The van der Waals surface area contributed by atoms with E-state index in [2.05, 4.69) is 155 Å². The Morgan fingerprint density at radius 1 is 0.447 bits per heavy atom. The van der Waals surface area contributed by atoms with Gasteiger partial charge in [0, 0.05) is 59.4 Å². The number of benzene rings is 7. The molecule has 5 heteroatoms. The van der Waals surface area contributed by atoms with Gasteiger partial charge >= 0.3 is 0 Å². The first kappa shape index (κ1) is 25.4. The Kier molecular flexibility index (Phi) is 5.07. The van der Waals surface area contributed by atoms with Gasteiger partial charge in [0.2, 0.25) is 0 Å². The SMILES string of the molecule is c1ccc2c(c1)B1c3ccccc3N(c3cccc4c3oc3ccccc34)c3cccc(c31)N2c1ccc2c(c1)sc1ccccc12. The normalized spacial score (nSPS) is 13.4. The zero-order valence-electron chi connectivity index (χ0n) is 25.2. The van der Waals surface area contributed by atoms with Crippen LogP contribution >= 0.6 is 11.3 Å². The Balaban J connectivity index is 1.20. The predicted octanol–water partition coefficient (Wildman–Crippen LogP) is 10.0. The molecule has 0 fully saturated rings. The number of para-hydroxylation sites is 4. The second-order valence-electron chi connectivity index (χ2n) is 12.5. The van der Waals surface area contributed by atoms with Crippen LogP contribution in [-0.4, -0.2) is 6.71 Å². The first-order valence-corrected chi connectivity index (χ1v) is 16.9. The maximum absolute atomic E-state index is 6.63. The Morgan fingerprint density at radius 3 is 1.89 bits per heavy atom. The van der Waals surface area contributed by atoms with Gasteiger partial charge in [0.1, 0.15) is 5.58 Å². The van der Waals surface area contributed by atoms with Gasteiger partial charge in [-0.05, 0) is 71.0 Å². The Bertz CT molecular complexity index is 2740. The fraction of sp³-hybridized carbons (Fsp3) is 0. The van der Waals surface area contributed by atoms with E-state index in [0.29, 0.717) is 0 Å². The van der Waals surface area contributed by atoms with Crippen LogP contribution in [0.15, 0.2) is 156 Å². The van der Waals surface area contributed by atoms with Crippen LogP contribution in [0.2, 0.25) is 0 Å². The molecule has 2 aliphatic heterocycles. The van der Waals surface area contributed by atoms with E-state index >= 15 is 0 Å². The number of furan rings is 1. The van der Waals surface area contributed by atoms with E-state index in [0.717, 1.165) is 27.6 Å². The van der Waals surface area contributed by atoms with E-state index in [1.807, 2.05) is 17.4 Å². The van der Waals surface area contributed by atoms with Gasteiger partial charge in [-0.1, -0.05) is 97.1 Å². The Hall–Kier alpha value is -5.78. The summed E-state index contributed by atoms with van der Waals surface area (Å²) in [5.41, 5.74) is 12.8. The van der Waals surface area contributed by atoms with Gasteiger partial charge in [-0.2, -0.15) is 0 Å². The van der Waals surface area contributed by atoms with Crippen molar-refractivity contribution < 1.29 is 4.42 Å². The van der Waals surface area contributed by atoms with Crippen LogP contribution in [0.5, 0.6) is 0 Å². The smallest absolute Gasteiger partial charge is 0.252 e. The van der Waals surface area contributed by atoms with E-state index in [1.54, 1.807) is 0 Å². The standard InChI is InChI=1S/C42H25BN2OS/c1-7-21-38-27(11-1)30-13-9-20-37(42(30)46-38)45-34-17-6-4-15-32(34)43-31-14-3-5-16-33(31)44(35-18-10-19-36(45)41(35)43)26-23-24-29-28-12-2-8-22-39(28)47-40(29)25-26/h1-25H. The number of anilines is 6. The lowest BCUT2D eigenvalue weighted by Crippen LogP contribution is -2.61. The van der Waals surface area contributed by atoms with Crippen molar-refractivity contribution in [2.45, 2.75) is 0 Å². The van der Waals surface area contributed by atoms with E-state index in [-0.39, 0.29) is 6.71 Å². The largest absolute Gasteiger partial charge is 0.454 e. The number of hydrogen-bond donors (Lipinski definition) is 0. The summed E-state index contributed by atoms with van der Waals surface area (Å²) in [6.07, 6.45) is 0. The van der Waals surface area contributed by atoms with Crippen molar-refractivity contribution in [1.29, 1.82) is 0 Å². The van der Waals surface area contributed by atoms with Crippen molar-refractivity contribution in [3.05, 3.63) is 152 Å². The Labute approximate surface area is 275 Å². The average Bonchev–Trinajstić information content (AvgIpc) is 3.70. The molecule has 0 radical (unpaired) electrons. The molecule has 0 unspecified atom stereocenters. The summed E-state index contributed by atoms with van der Waals surface area (Å²) in [6.45, 7) is 0.101. The van der Waals surface area contributed by atoms with E-state index in [9.17, 15) is 0 Å². The lowest BCUT2D eigenvalue weighted by atomic mass is 9.33. The second-order valence-corrected chi connectivity index (χ2v) is 13.5. The highest BCUT2D eigenvalue weighted by molar-refractivity contribution is 7.25. The third-order valence-corrected chi connectivity index (χ3v) is 11.2. The quantitative estimate of drug-likeness (QED) is 0.180. The number of thiophene rings is 1. The van der Waals surface area contributed by atoms with Crippen LogP contribution in [0, 0.1) is 0 Å². The summed E-state index contributed by atoms with van der Waals surface area (Å²) in [6, 6.07) is 55.2. The minimum absolute atomic E-state index is 0.101. The monoisotopic (exact) mass is 616 g/mol. The van der Waals surface area contributed by atoms with E-state index < -0.39 is 0 Å². The van der Waals surface area contributed by atoms with Crippen LogP contribution < -0.4 is 26.2 Å². The van der Waals surface area contributed by atoms with Gasteiger partial charge in [0.15, 0.2) is 5.58 Å². The molecule has 2 aliphatic rings. The maximum Gasteiger partial charge on any atom is 0.252 e. The molecule has 9 aromatic rings. The maximum atomic E-state index is 6.63. The van der Waals surface area contributed by atoms with Gasteiger partial charge in [-0.15, -0.1) is 11.3 Å². The molecule has 0 spiro atoms. The molecule has 2 aromatic heterocycles. The fourth-order valence-corrected chi connectivity index (χ4v) is 9.27. The summed E-state index contributed by atoms with van der Waals surface area (Å²) in [7, 11) is 0. The highest BCUT2D eigenvalue weighted by Gasteiger charge is 2.43. The number of rotatable bonds is 2. The molecule has 0 bridgehead atoms. The van der Waals surface area contributed by atoms with Crippen LogP contribution in [0.1, 0.15) is 0 Å². The molecule has 218 valence electrons. The van der Waals surface area contributed by atoms with Gasteiger partial charge in [0.25, 0.3) is 6.71 Å². The van der Waals surface area contributed by atoms with Crippen molar-refractivity contribution in [1.82, 2.24) is 0 Å². The summed E-state index contributed by atoms with van der Waals surface area (Å²) in [5.74, 6) is 0. The van der Waals surface area contributed by atoms with Gasteiger partial charge < -0.3 is 14.2 Å². The first-order valence-electron chi connectivity index (χ1n) is 16.1. The van der Waals surface area contributed by atoms with Crippen molar-refractivity contribution in [3.8, 4) is 0 Å². The summed E-state index contributed by atoms with van der Waals surface area (Å²) >= 11 is 1.87. The third-order valence-electron chi connectivity index (χ3n) is 10.1. The first-order chi connectivity index (χ1) is 23.3. The van der Waals surface area contributed by atoms with E-state index in [1.165, 1.54) is 65.0 Å². The summed E-state index contributed by atoms with van der Waals surface area (Å²) in [4.78, 5) is 4.90. The lowest BCUT2D eigenvalue weighted by molar-refractivity contribution is 0.669. The molecule has 0 saturated carbocycles. The third kappa shape index (κ3) is 3.41. The zero-order valence-corrected chi connectivity index (χ0v) is 26.0. The molecule has 0 atom stereocenters. The summed E-state index contributed by atoms with van der Waals surface area (Å²) < 4.78 is 9.25. The Morgan fingerprint density at radius 2 is 1.04 bits per heavy atom. The summed E-state index contributed by atoms with van der Waals surface area (Å²) in [5, 5.41) is 4.90. The van der Waals surface area contributed by atoms with Crippen molar-refractivity contribution in [2.75, 3.05) is 9.80 Å². The molecular formula is C42H25BN2OS. The van der Waals surface area contributed by atoms with Gasteiger partial charge in [-0.25, -0.2) is 0 Å². The molecule has 47 heavy (non-hydrogen) atoms. The molecule has 0 aliphatic carbocycles. The molecule has 0 N–H and O–H groups in total. The number of fused-ring (bicyclic) bond motifs is 10. The number of hydrogen-bond acceptors (Lipinski definition) is 4. The van der Waals surface area contributed by atoms with Crippen molar-refractivity contribution in [2.24, 2.45) is 0 Å². The minimum Gasteiger partial charge on any atom is -0.454 e. The fourth-order valence-electron chi connectivity index (χ4n) is 8.14. The van der Waals surface area contributed by atoms with E-state index in [4.69, 9.17) is 4.42 Å². The zero-order chi connectivity index (χ0) is 30.6. The number of nitrogens with zero attached hydrogens (tertiary/aromatic N) is 2. The minimum atomic E-state index is 0.101. The van der Waals surface area contributed by atoms with Crippen molar-refractivity contribution in [3.63, 3.8) is 0 Å². The molecular weight excluding hydrogens is 591 g/mol. The molecule has 0 amide bonds. The highest BCUT2D eigenvalue weighted by Crippen LogP contribution is 2.47. The highest BCUT2D eigenvalue weighted by atomic mass is 32.1. The molecule has 0 saturated heterocycles. The molecule has 7 aromatic carbocycles. The average molecular weight is 617 g/mol. The van der Waals surface area contributed by atoms with Crippen LogP contribution in [0.3, 0.4) is 0 Å². The second kappa shape index (κ2) is 9.38. The molecule has 11 rings (SSSR count). The van der Waals surface area contributed by atoms with Crippen LogP contribution in [0.4, 0.5) is 34.1 Å². The topological polar surface area (TPSA) is 19.6 Å². The lowest BCUT2D eigenvalue weighted by Gasteiger charge is -2.43. The van der Waals surface area contributed by atoms with Crippen LogP contribution in [0.25, 0.3) is 42.1 Å². The van der Waals surface area contributed by atoms with Gasteiger partial charge in [-0.3, -0.25) is 0 Å².